The summed E-state index contributed by atoms with van der Waals surface area (Å²) in [6, 6.07) is 3.37. The summed E-state index contributed by atoms with van der Waals surface area (Å²) < 4.78 is 21.0. The molecule has 0 aliphatic heterocycles. The SMILES string of the molecule is CCCCCCCC[Si](C)(O)O[Si](C)(CCCCCCCC)O[Si](C)(CCCCCCCC)O[Si](C)(O)CCCCCCCC. The summed E-state index contributed by atoms with van der Waals surface area (Å²) in [4.78, 5) is 23.3. The van der Waals surface area contributed by atoms with Gasteiger partial charge in [-0.2, -0.15) is 0 Å². The van der Waals surface area contributed by atoms with Gasteiger partial charge in [0.25, 0.3) is 0 Å². The van der Waals surface area contributed by atoms with E-state index in [9.17, 15) is 9.59 Å². The van der Waals surface area contributed by atoms with E-state index in [-0.39, 0.29) is 0 Å². The van der Waals surface area contributed by atoms with Crippen molar-refractivity contribution in [1.29, 1.82) is 0 Å². The van der Waals surface area contributed by atoms with Gasteiger partial charge >= 0.3 is 34.2 Å². The minimum atomic E-state index is -2.88. The van der Waals surface area contributed by atoms with Gasteiger partial charge < -0.3 is 21.9 Å². The van der Waals surface area contributed by atoms with Gasteiger partial charge in [-0.25, -0.2) is 0 Å². The Balaban J connectivity index is 5.68. The zero-order chi connectivity index (χ0) is 33.9. The second-order valence-corrected chi connectivity index (χ2v) is 28.7. The first-order valence-electron chi connectivity index (χ1n) is 19.9. The highest BCUT2D eigenvalue weighted by Crippen LogP contribution is 2.33. The molecule has 45 heavy (non-hydrogen) atoms. The van der Waals surface area contributed by atoms with Crippen LogP contribution in [0.5, 0.6) is 0 Å². The molecule has 4 atom stereocenters. The smallest absolute Gasteiger partial charge is 0.323 e. The van der Waals surface area contributed by atoms with Crippen molar-refractivity contribution in [3.8, 4) is 0 Å². The minimum Gasteiger partial charge on any atom is -0.416 e. The van der Waals surface area contributed by atoms with E-state index in [0.717, 1.165) is 49.9 Å². The Hall–Kier alpha value is 0.668. The maximum Gasteiger partial charge on any atom is 0.323 e. The highest BCUT2D eigenvalue weighted by Gasteiger charge is 2.49. The maximum atomic E-state index is 11.7. The van der Waals surface area contributed by atoms with Gasteiger partial charge in [0.05, 0.1) is 0 Å². The third-order valence-corrected chi connectivity index (χ3v) is 24.8. The van der Waals surface area contributed by atoms with Crippen molar-refractivity contribution in [3.05, 3.63) is 0 Å². The molecule has 0 amide bonds. The van der Waals surface area contributed by atoms with Crippen LogP contribution in [0.2, 0.25) is 50.4 Å². The normalized spacial score (nSPS) is 17.5. The van der Waals surface area contributed by atoms with Crippen LogP contribution in [0.4, 0.5) is 0 Å². The molecule has 0 heterocycles. The van der Waals surface area contributed by atoms with Gasteiger partial charge in [0.15, 0.2) is 0 Å². The number of hydrogen-bond donors (Lipinski definition) is 2. The molecule has 0 bridgehead atoms. The first-order valence-corrected chi connectivity index (χ1v) is 30.1. The van der Waals surface area contributed by atoms with E-state index >= 15 is 0 Å². The molecule has 0 saturated heterocycles. The summed E-state index contributed by atoms with van der Waals surface area (Å²) >= 11 is 0. The third kappa shape index (κ3) is 27.2. The van der Waals surface area contributed by atoms with Crippen molar-refractivity contribution >= 4 is 34.2 Å². The van der Waals surface area contributed by atoms with Crippen molar-refractivity contribution in [2.45, 2.75) is 232 Å². The Kier molecular flexibility index (Phi) is 27.9. The third-order valence-electron chi connectivity index (χ3n) is 9.26. The molecule has 0 aliphatic carbocycles. The lowest BCUT2D eigenvalue weighted by Crippen LogP contribution is -2.60. The lowest BCUT2D eigenvalue weighted by atomic mass is 10.1. The number of hydrogen-bond acceptors (Lipinski definition) is 5. The summed E-state index contributed by atoms with van der Waals surface area (Å²) in [6.45, 7) is 17.4. The zero-order valence-corrected chi connectivity index (χ0v) is 35.9. The molecular weight excluding hydrogens is 625 g/mol. The predicted molar refractivity (Wildman–Crippen MR) is 207 cm³/mol. The fraction of sp³-hybridized carbons (Fsp3) is 1.00. The van der Waals surface area contributed by atoms with Gasteiger partial charge in [0.1, 0.15) is 0 Å². The van der Waals surface area contributed by atoms with Crippen LogP contribution in [-0.4, -0.2) is 43.8 Å². The second-order valence-electron chi connectivity index (χ2n) is 15.0. The highest BCUT2D eigenvalue weighted by molar-refractivity contribution is 6.88. The largest absolute Gasteiger partial charge is 0.416 e. The van der Waals surface area contributed by atoms with E-state index in [2.05, 4.69) is 40.8 Å². The topological polar surface area (TPSA) is 68.2 Å². The summed E-state index contributed by atoms with van der Waals surface area (Å²) in [5.41, 5.74) is 0. The molecule has 272 valence electrons. The maximum absolute atomic E-state index is 11.7. The molecule has 5 nitrogen and oxygen atoms in total. The van der Waals surface area contributed by atoms with Gasteiger partial charge in [-0.3, -0.25) is 0 Å². The van der Waals surface area contributed by atoms with Crippen molar-refractivity contribution in [3.63, 3.8) is 0 Å². The Morgan fingerprint density at radius 3 is 0.800 bits per heavy atom. The number of rotatable bonds is 34. The fourth-order valence-corrected chi connectivity index (χ4v) is 24.9. The van der Waals surface area contributed by atoms with Gasteiger partial charge in [0, 0.05) is 0 Å². The van der Waals surface area contributed by atoms with Crippen molar-refractivity contribution < 1.29 is 21.9 Å². The van der Waals surface area contributed by atoms with Crippen LogP contribution in [0.3, 0.4) is 0 Å². The zero-order valence-electron chi connectivity index (χ0n) is 31.9. The Morgan fingerprint density at radius 1 is 0.311 bits per heavy atom. The molecule has 4 unspecified atom stereocenters. The molecule has 0 aromatic rings. The molecular formula is C36H82O5Si4. The fourth-order valence-electron chi connectivity index (χ4n) is 6.65. The highest BCUT2D eigenvalue weighted by atomic mass is 28.5. The lowest BCUT2D eigenvalue weighted by molar-refractivity contribution is 0.259. The van der Waals surface area contributed by atoms with E-state index in [4.69, 9.17) is 12.3 Å². The second kappa shape index (κ2) is 27.5. The Morgan fingerprint density at radius 2 is 0.533 bits per heavy atom. The standard InChI is InChI=1S/C36H82O5Si4/c1-9-13-17-21-25-29-33-42(5,37)39-44(7,35-31-27-23-19-15-11-3)41-45(8,36-32-28-24-20-16-12-4)40-43(6,38)34-30-26-22-18-14-10-2/h37-38H,9-36H2,1-8H3. The van der Waals surface area contributed by atoms with E-state index in [0.29, 0.717) is 0 Å². The molecule has 0 aliphatic rings. The molecule has 0 radical (unpaired) electrons. The summed E-state index contributed by atoms with van der Waals surface area (Å²) in [7, 11) is -11.3. The average molecular weight is 707 g/mol. The van der Waals surface area contributed by atoms with Crippen LogP contribution in [-0.2, 0) is 12.3 Å². The van der Waals surface area contributed by atoms with Crippen LogP contribution in [0, 0.1) is 0 Å². The van der Waals surface area contributed by atoms with Crippen LogP contribution in [0.15, 0.2) is 0 Å². The lowest BCUT2D eigenvalue weighted by Gasteiger charge is -2.43. The molecule has 0 aromatic heterocycles. The van der Waals surface area contributed by atoms with Crippen molar-refractivity contribution in [2.24, 2.45) is 0 Å². The molecule has 0 rings (SSSR count). The first-order chi connectivity index (χ1) is 21.4. The summed E-state index contributed by atoms with van der Waals surface area (Å²) in [5.74, 6) is 0. The van der Waals surface area contributed by atoms with E-state index < -0.39 is 34.2 Å². The first kappa shape index (κ1) is 45.7. The Labute approximate surface area is 287 Å². The minimum absolute atomic E-state index is 0.780. The monoisotopic (exact) mass is 707 g/mol. The van der Waals surface area contributed by atoms with E-state index in [1.165, 1.54) is 128 Å². The van der Waals surface area contributed by atoms with Gasteiger partial charge in [-0.15, -0.1) is 0 Å². The van der Waals surface area contributed by atoms with Crippen LogP contribution < -0.4 is 0 Å². The molecule has 0 aromatic carbocycles. The van der Waals surface area contributed by atoms with Crippen LogP contribution >= 0.6 is 0 Å². The Bertz CT molecular complexity index is 615. The van der Waals surface area contributed by atoms with Crippen molar-refractivity contribution in [2.75, 3.05) is 0 Å². The molecule has 2 N–H and O–H groups in total. The predicted octanol–water partition coefficient (Wildman–Crippen LogP) is 12.8. The summed E-state index contributed by atoms with van der Waals surface area (Å²) in [6.07, 6.45) is 29.4. The van der Waals surface area contributed by atoms with Crippen molar-refractivity contribution in [1.82, 2.24) is 0 Å². The molecule has 9 heteroatoms. The molecule has 0 spiro atoms. The van der Waals surface area contributed by atoms with Crippen LogP contribution in [0.1, 0.15) is 182 Å². The van der Waals surface area contributed by atoms with Gasteiger partial charge in [0.2, 0.25) is 0 Å². The summed E-state index contributed by atoms with van der Waals surface area (Å²) in [5, 5.41) is 0. The quantitative estimate of drug-likeness (QED) is 0.0515. The van der Waals surface area contributed by atoms with Gasteiger partial charge in [-0.1, -0.05) is 182 Å². The van der Waals surface area contributed by atoms with E-state index in [1.54, 1.807) is 0 Å². The van der Waals surface area contributed by atoms with Crippen LogP contribution in [0.25, 0.3) is 0 Å². The molecule has 0 fully saturated rings. The number of unbranched alkanes of at least 4 members (excludes halogenated alkanes) is 20. The van der Waals surface area contributed by atoms with E-state index in [1.807, 2.05) is 13.1 Å². The average Bonchev–Trinajstić information content (AvgIpc) is 2.95. The van der Waals surface area contributed by atoms with Gasteiger partial charge in [-0.05, 0) is 50.4 Å². The molecule has 0 saturated carbocycles.